The number of aryl methyl sites for hydroxylation is 1. The Kier molecular flexibility index (Phi) is 6.07. The van der Waals surface area contributed by atoms with Gasteiger partial charge in [0.05, 0.1) is 0 Å². The van der Waals surface area contributed by atoms with E-state index >= 15 is 0 Å². The third kappa shape index (κ3) is 4.24. The van der Waals surface area contributed by atoms with Gasteiger partial charge in [-0.2, -0.15) is 0 Å². The molecule has 1 rings (SSSR count). The van der Waals surface area contributed by atoms with Gasteiger partial charge in [-0.1, -0.05) is 26.7 Å². The maximum Gasteiger partial charge on any atom is 0.267 e. The molecule has 20 heavy (non-hydrogen) atoms. The van der Waals surface area contributed by atoms with Crippen LogP contribution < -0.4 is 5.32 Å². The second-order valence-corrected chi connectivity index (χ2v) is 7.24. The number of rotatable bonds is 7. The smallest absolute Gasteiger partial charge is 0.267 e. The minimum atomic E-state index is -3.82. The van der Waals surface area contributed by atoms with Gasteiger partial charge in [0.2, 0.25) is 0 Å². The standard InChI is InChI=1S/C13H21ClN2O3S/c1-4-10(5-2)8-15-13(17)12-7-11(20(14,18)19)9-16(12)6-3/h7,9-10H,4-6,8H2,1-3H3,(H,15,17). The molecular formula is C13H21ClN2O3S. The molecule has 114 valence electrons. The highest BCUT2D eigenvalue weighted by molar-refractivity contribution is 8.13. The number of amides is 1. The number of nitrogens with zero attached hydrogens (tertiary/aromatic N) is 1. The minimum Gasteiger partial charge on any atom is -0.350 e. The van der Waals surface area contributed by atoms with E-state index in [9.17, 15) is 13.2 Å². The van der Waals surface area contributed by atoms with Crippen molar-refractivity contribution in [1.29, 1.82) is 0 Å². The van der Waals surface area contributed by atoms with Crippen LogP contribution in [0.4, 0.5) is 0 Å². The molecule has 7 heteroatoms. The SMILES string of the molecule is CCC(CC)CNC(=O)c1cc(S(=O)(=O)Cl)cn1CC. The van der Waals surface area contributed by atoms with E-state index in [-0.39, 0.29) is 10.8 Å². The first-order valence-corrected chi connectivity index (χ1v) is 9.07. The van der Waals surface area contributed by atoms with Gasteiger partial charge in [0.15, 0.2) is 0 Å². The van der Waals surface area contributed by atoms with Gasteiger partial charge < -0.3 is 9.88 Å². The number of hydrogen-bond donors (Lipinski definition) is 1. The van der Waals surface area contributed by atoms with E-state index in [1.807, 2.05) is 6.92 Å². The Morgan fingerprint density at radius 1 is 1.35 bits per heavy atom. The molecule has 0 aliphatic heterocycles. The van der Waals surface area contributed by atoms with Gasteiger partial charge in [0, 0.05) is 30.0 Å². The van der Waals surface area contributed by atoms with Crippen LogP contribution in [-0.2, 0) is 15.6 Å². The lowest BCUT2D eigenvalue weighted by Gasteiger charge is -2.13. The largest absolute Gasteiger partial charge is 0.350 e. The van der Waals surface area contributed by atoms with Crippen LogP contribution in [0.15, 0.2) is 17.2 Å². The molecule has 1 heterocycles. The molecular weight excluding hydrogens is 300 g/mol. The highest BCUT2D eigenvalue weighted by Gasteiger charge is 2.19. The topological polar surface area (TPSA) is 68.2 Å². The average Bonchev–Trinajstić information content (AvgIpc) is 2.83. The molecule has 0 saturated heterocycles. The minimum absolute atomic E-state index is 0.0475. The molecule has 1 amide bonds. The molecule has 1 aromatic heterocycles. The van der Waals surface area contributed by atoms with Crippen LogP contribution >= 0.6 is 10.7 Å². The van der Waals surface area contributed by atoms with Crippen molar-refractivity contribution in [2.75, 3.05) is 6.54 Å². The molecule has 0 aliphatic rings. The summed E-state index contributed by atoms with van der Waals surface area (Å²) in [6, 6.07) is 1.31. The third-order valence-electron chi connectivity index (χ3n) is 3.43. The zero-order chi connectivity index (χ0) is 15.3. The highest BCUT2D eigenvalue weighted by atomic mass is 35.7. The van der Waals surface area contributed by atoms with Gasteiger partial charge in [-0.05, 0) is 18.9 Å². The van der Waals surface area contributed by atoms with Crippen LogP contribution in [0.5, 0.6) is 0 Å². The Hall–Kier alpha value is -1.01. The average molecular weight is 321 g/mol. The summed E-state index contributed by atoms with van der Waals surface area (Å²) < 4.78 is 24.2. The summed E-state index contributed by atoms with van der Waals surface area (Å²) in [6.07, 6.45) is 3.37. The number of halogens is 1. The Balaban J connectivity index is 2.90. The molecule has 0 aliphatic carbocycles. The highest BCUT2D eigenvalue weighted by Crippen LogP contribution is 2.18. The number of nitrogens with one attached hydrogen (secondary N) is 1. The molecule has 0 unspecified atom stereocenters. The predicted octanol–water partition coefficient (Wildman–Crippen LogP) is 2.60. The zero-order valence-electron chi connectivity index (χ0n) is 12.0. The molecule has 0 radical (unpaired) electrons. The van der Waals surface area contributed by atoms with Gasteiger partial charge in [-0.3, -0.25) is 4.79 Å². The van der Waals surface area contributed by atoms with Crippen molar-refractivity contribution in [3.8, 4) is 0 Å². The maximum absolute atomic E-state index is 12.1. The zero-order valence-corrected chi connectivity index (χ0v) is 13.6. The van der Waals surface area contributed by atoms with Crippen molar-refractivity contribution in [2.24, 2.45) is 5.92 Å². The fourth-order valence-corrected chi connectivity index (χ4v) is 2.73. The molecule has 5 nitrogen and oxygen atoms in total. The van der Waals surface area contributed by atoms with E-state index in [1.165, 1.54) is 12.3 Å². The molecule has 1 aromatic rings. The van der Waals surface area contributed by atoms with Crippen LogP contribution in [0.3, 0.4) is 0 Å². The second kappa shape index (κ2) is 7.13. The molecule has 0 atom stereocenters. The first kappa shape index (κ1) is 17.0. The van der Waals surface area contributed by atoms with Crippen molar-refractivity contribution in [3.05, 3.63) is 18.0 Å². The maximum atomic E-state index is 12.1. The van der Waals surface area contributed by atoms with Crippen molar-refractivity contribution in [3.63, 3.8) is 0 Å². The summed E-state index contributed by atoms with van der Waals surface area (Å²) in [4.78, 5) is 12.1. The quantitative estimate of drug-likeness (QED) is 0.785. The lowest BCUT2D eigenvalue weighted by atomic mass is 10.0. The number of carbonyl (C=O) groups is 1. The Labute approximate surface area is 124 Å². The second-order valence-electron chi connectivity index (χ2n) is 4.68. The predicted molar refractivity (Wildman–Crippen MR) is 79.6 cm³/mol. The van der Waals surface area contributed by atoms with E-state index in [1.54, 1.807) is 4.57 Å². The molecule has 0 spiro atoms. The fourth-order valence-electron chi connectivity index (χ4n) is 1.97. The molecule has 0 aromatic carbocycles. The van der Waals surface area contributed by atoms with Crippen LogP contribution in [0.2, 0.25) is 0 Å². The monoisotopic (exact) mass is 320 g/mol. The fraction of sp³-hybridized carbons (Fsp3) is 0.615. The Morgan fingerprint density at radius 3 is 2.40 bits per heavy atom. The number of carbonyl (C=O) groups excluding carboxylic acids is 1. The summed E-state index contributed by atoms with van der Waals surface area (Å²) in [5, 5.41) is 2.84. The number of hydrogen-bond acceptors (Lipinski definition) is 3. The van der Waals surface area contributed by atoms with Crippen LogP contribution in [0, 0.1) is 5.92 Å². The Morgan fingerprint density at radius 2 is 1.95 bits per heavy atom. The molecule has 0 bridgehead atoms. The van der Waals surface area contributed by atoms with Gasteiger partial charge in [-0.25, -0.2) is 8.42 Å². The summed E-state index contributed by atoms with van der Waals surface area (Å²) in [7, 11) is 1.49. The van der Waals surface area contributed by atoms with Gasteiger partial charge in [0.1, 0.15) is 10.6 Å². The van der Waals surface area contributed by atoms with Crippen LogP contribution in [-0.4, -0.2) is 25.4 Å². The molecule has 0 fully saturated rings. The third-order valence-corrected chi connectivity index (χ3v) is 4.75. The van der Waals surface area contributed by atoms with Crippen molar-refractivity contribution in [2.45, 2.75) is 45.1 Å². The summed E-state index contributed by atoms with van der Waals surface area (Å²) in [5.74, 6) is 0.158. The first-order valence-electron chi connectivity index (χ1n) is 6.76. The van der Waals surface area contributed by atoms with Crippen molar-refractivity contribution in [1.82, 2.24) is 9.88 Å². The number of aromatic nitrogens is 1. The van der Waals surface area contributed by atoms with E-state index < -0.39 is 9.05 Å². The van der Waals surface area contributed by atoms with Gasteiger partial charge in [-0.15, -0.1) is 0 Å². The lowest BCUT2D eigenvalue weighted by Crippen LogP contribution is -2.30. The first-order chi connectivity index (χ1) is 9.33. The summed E-state index contributed by atoms with van der Waals surface area (Å²) in [6.45, 7) is 7.08. The van der Waals surface area contributed by atoms with E-state index in [2.05, 4.69) is 19.2 Å². The van der Waals surface area contributed by atoms with E-state index in [0.717, 1.165) is 12.8 Å². The normalized spacial score (nSPS) is 11.8. The van der Waals surface area contributed by atoms with Gasteiger partial charge in [0.25, 0.3) is 15.0 Å². The van der Waals surface area contributed by atoms with Crippen LogP contribution in [0.1, 0.15) is 44.1 Å². The van der Waals surface area contributed by atoms with Gasteiger partial charge >= 0.3 is 0 Å². The summed E-state index contributed by atoms with van der Waals surface area (Å²) >= 11 is 0. The van der Waals surface area contributed by atoms with Crippen molar-refractivity contribution >= 4 is 25.6 Å². The molecule has 0 saturated carbocycles. The molecule has 1 N–H and O–H groups in total. The summed E-state index contributed by atoms with van der Waals surface area (Å²) in [5.41, 5.74) is 0.317. The Bertz CT molecular complexity index is 562. The van der Waals surface area contributed by atoms with Crippen molar-refractivity contribution < 1.29 is 13.2 Å². The van der Waals surface area contributed by atoms with Crippen LogP contribution in [0.25, 0.3) is 0 Å². The van der Waals surface area contributed by atoms with E-state index in [0.29, 0.717) is 24.7 Å². The lowest BCUT2D eigenvalue weighted by molar-refractivity contribution is 0.0937. The van der Waals surface area contributed by atoms with E-state index in [4.69, 9.17) is 10.7 Å².